The standard InChI is InChI=1S/C8H8Br2/c9-8(10)6-4-2-1-3-5-7(6)8/h1-4,6-7H,5H2. The highest BCUT2D eigenvalue weighted by atomic mass is 79.9. The summed E-state index contributed by atoms with van der Waals surface area (Å²) in [5, 5.41) is 0. The van der Waals surface area contributed by atoms with Crippen LogP contribution in [0.25, 0.3) is 0 Å². The smallest absolute Gasteiger partial charge is 0.0842 e. The summed E-state index contributed by atoms with van der Waals surface area (Å²) < 4.78 is 0.223. The first-order chi connectivity index (χ1) is 4.73. The fraction of sp³-hybridized carbons (Fsp3) is 0.500. The Labute approximate surface area is 77.6 Å². The van der Waals surface area contributed by atoms with E-state index in [2.05, 4.69) is 56.2 Å². The Balaban J connectivity index is 2.19. The molecule has 2 aliphatic carbocycles. The molecule has 0 heterocycles. The molecule has 2 atom stereocenters. The van der Waals surface area contributed by atoms with Crippen molar-refractivity contribution in [2.45, 2.75) is 9.65 Å². The fourth-order valence-electron chi connectivity index (χ4n) is 1.47. The molecule has 0 aliphatic heterocycles. The monoisotopic (exact) mass is 262 g/mol. The lowest BCUT2D eigenvalue weighted by Crippen LogP contribution is -1.87. The zero-order valence-corrected chi connectivity index (χ0v) is 8.60. The van der Waals surface area contributed by atoms with E-state index >= 15 is 0 Å². The second kappa shape index (κ2) is 2.21. The molecule has 1 fully saturated rings. The zero-order valence-electron chi connectivity index (χ0n) is 5.43. The number of hydrogen-bond acceptors (Lipinski definition) is 0. The highest BCUT2D eigenvalue weighted by Crippen LogP contribution is 2.64. The molecule has 2 heteroatoms. The zero-order chi connectivity index (χ0) is 7.19. The second-order valence-corrected chi connectivity index (χ2v) is 6.54. The number of rotatable bonds is 0. The van der Waals surface area contributed by atoms with Crippen LogP contribution in [0.15, 0.2) is 24.3 Å². The van der Waals surface area contributed by atoms with Gasteiger partial charge in [0.15, 0.2) is 0 Å². The minimum atomic E-state index is 0.223. The highest BCUT2D eigenvalue weighted by Gasteiger charge is 2.59. The van der Waals surface area contributed by atoms with Gasteiger partial charge in [-0.25, -0.2) is 0 Å². The van der Waals surface area contributed by atoms with Gasteiger partial charge in [-0.2, -0.15) is 0 Å². The summed E-state index contributed by atoms with van der Waals surface area (Å²) in [5.41, 5.74) is 0. The topological polar surface area (TPSA) is 0 Å². The molecule has 0 spiro atoms. The van der Waals surface area contributed by atoms with Crippen LogP contribution in [0.5, 0.6) is 0 Å². The van der Waals surface area contributed by atoms with Crippen LogP contribution in [0.1, 0.15) is 6.42 Å². The van der Waals surface area contributed by atoms with E-state index in [0.29, 0.717) is 5.92 Å². The second-order valence-electron chi connectivity index (χ2n) is 2.86. The van der Waals surface area contributed by atoms with Crippen molar-refractivity contribution >= 4 is 31.9 Å². The van der Waals surface area contributed by atoms with E-state index in [0.717, 1.165) is 5.92 Å². The molecule has 2 rings (SSSR count). The summed E-state index contributed by atoms with van der Waals surface area (Å²) in [7, 11) is 0. The minimum absolute atomic E-state index is 0.223. The molecule has 0 amide bonds. The van der Waals surface area contributed by atoms with Gasteiger partial charge in [0.25, 0.3) is 0 Å². The number of halogens is 2. The van der Waals surface area contributed by atoms with E-state index in [1.165, 1.54) is 6.42 Å². The molecule has 2 aliphatic rings. The SMILES string of the molecule is BrC1(Br)C2C=CC=CCC21. The summed E-state index contributed by atoms with van der Waals surface area (Å²) >= 11 is 7.29. The first-order valence-electron chi connectivity index (χ1n) is 3.44. The summed E-state index contributed by atoms with van der Waals surface area (Å²) in [5.74, 6) is 1.46. The molecule has 2 unspecified atom stereocenters. The molecule has 0 aromatic carbocycles. The van der Waals surface area contributed by atoms with Gasteiger partial charge < -0.3 is 0 Å². The van der Waals surface area contributed by atoms with E-state index in [1.807, 2.05) is 0 Å². The van der Waals surface area contributed by atoms with Crippen LogP contribution in [0.4, 0.5) is 0 Å². The molecular weight excluding hydrogens is 256 g/mol. The van der Waals surface area contributed by atoms with Crippen LogP contribution in [0.2, 0.25) is 0 Å². The molecule has 0 N–H and O–H groups in total. The van der Waals surface area contributed by atoms with E-state index in [1.54, 1.807) is 0 Å². The van der Waals surface area contributed by atoms with Crippen LogP contribution in [-0.2, 0) is 0 Å². The Hall–Kier alpha value is 0.440. The van der Waals surface area contributed by atoms with Gasteiger partial charge in [-0.3, -0.25) is 0 Å². The summed E-state index contributed by atoms with van der Waals surface area (Å²) in [4.78, 5) is 0. The highest BCUT2D eigenvalue weighted by molar-refractivity contribution is 9.25. The van der Waals surface area contributed by atoms with Crippen LogP contribution in [0, 0.1) is 11.8 Å². The Kier molecular flexibility index (Phi) is 1.57. The van der Waals surface area contributed by atoms with Gasteiger partial charge >= 0.3 is 0 Å². The Morgan fingerprint density at radius 3 is 2.90 bits per heavy atom. The molecule has 0 radical (unpaired) electrons. The average molecular weight is 264 g/mol. The van der Waals surface area contributed by atoms with Crippen LogP contribution < -0.4 is 0 Å². The molecule has 0 aromatic heterocycles. The molecule has 0 nitrogen and oxygen atoms in total. The van der Waals surface area contributed by atoms with Gasteiger partial charge in [0.2, 0.25) is 0 Å². The van der Waals surface area contributed by atoms with Crippen molar-refractivity contribution in [2.75, 3.05) is 0 Å². The van der Waals surface area contributed by atoms with Gasteiger partial charge in [0.1, 0.15) is 0 Å². The van der Waals surface area contributed by atoms with Crippen molar-refractivity contribution in [1.29, 1.82) is 0 Å². The molecule has 1 saturated carbocycles. The van der Waals surface area contributed by atoms with Crippen molar-refractivity contribution in [3.05, 3.63) is 24.3 Å². The maximum Gasteiger partial charge on any atom is 0.0908 e. The van der Waals surface area contributed by atoms with Gasteiger partial charge in [0, 0.05) is 5.92 Å². The Morgan fingerprint density at radius 2 is 2.10 bits per heavy atom. The van der Waals surface area contributed by atoms with E-state index in [9.17, 15) is 0 Å². The first kappa shape index (κ1) is 7.11. The Morgan fingerprint density at radius 1 is 1.30 bits per heavy atom. The minimum Gasteiger partial charge on any atom is -0.0842 e. The normalized spacial score (nSPS) is 40.6. The predicted molar refractivity (Wildman–Crippen MR) is 50.5 cm³/mol. The van der Waals surface area contributed by atoms with Crippen molar-refractivity contribution in [3.8, 4) is 0 Å². The maximum atomic E-state index is 3.65. The van der Waals surface area contributed by atoms with Crippen molar-refractivity contribution in [3.63, 3.8) is 0 Å². The predicted octanol–water partition coefficient (Wildman–Crippen LogP) is 3.23. The molecule has 0 saturated heterocycles. The van der Waals surface area contributed by atoms with Gasteiger partial charge in [-0.05, 0) is 12.3 Å². The largest absolute Gasteiger partial charge is 0.0908 e. The number of alkyl halides is 2. The van der Waals surface area contributed by atoms with Gasteiger partial charge in [-0.15, -0.1) is 0 Å². The lowest BCUT2D eigenvalue weighted by molar-refractivity contribution is 0.812. The molecular formula is C8H8Br2. The molecule has 10 heavy (non-hydrogen) atoms. The van der Waals surface area contributed by atoms with Gasteiger partial charge in [0.05, 0.1) is 3.23 Å². The van der Waals surface area contributed by atoms with E-state index < -0.39 is 0 Å². The van der Waals surface area contributed by atoms with Crippen molar-refractivity contribution in [1.82, 2.24) is 0 Å². The van der Waals surface area contributed by atoms with Crippen LogP contribution >= 0.6 is 31.9 Å². The maximum absolute atomic E-state index is 3.65. The average Bonchev–Trinajstić information content (AvgIpc) is 2.47. The lowest BCUT2D eigenvalue weighted by atomic mass is 10.2. The third-order valence-corrected chi connectivity index (χ3v) is 4.45. The lowest BCUT2D eigenvalue weighted by Gasteiger charge is -1.94. The first-order valence-corrected chi connectivity index (χ1v) is 5.02. The molecule has 0 bridgehead atoms. The van der Waals surface area contributed by atoms with Gasteiger partial charge in [-0.1, -0.05) is 56.2 Å². The Bertz CT molecular complexity index is 203. The third kappa shape index (κ3) is 0.928. The van der Waals surface area contributed by atoms with E-state index in [-0.39, 0.29) is 3.23 Å². The van der Waals surface area contributed by atoms with Crippen molar-refractivity contribution in [2.24, 2.45) is 11.8 Å². The fourth-order valence-corrected chi connectivity index (χ4v) is 3.09. The third-order valence-electron chi connectivity index (χ3n) is 2.22. The summed E-state index contributed by atoms with van der Waals surface area (Å²) in [6.45, 7) is 0. The summed E-state index contributed by atoms with van der Waals surface area (Å²) in [6, 6.07) is 0. The van der Waals surface area contributed by atoms with E-state index in [4.69, 9.17) is 0 Å². The van der Waals surface area contributed by atoms with Crippen molar-refractivity contribution < 1.29 is 0 Å². The number of hydrogen-bond donors (Lipinski definition) is 0. The van der Waals surface area contributed by atoms with Crippen LogP contribution in [0.3, 0.4) is 0 Å². The number of allylic oxidation sites excluding steroid dienone is 4. The quantitative estimate of drug-likeness (QED) is 0.589. The summed E-state index contributed by atoms with van der Waals surface area (Å²) in [6.07, 6.45) is 9.94. The van der Waals surface area contributed by atoms with Crippen LogP contribution in [-0.4, -0.2) is 3.23 Å². The number of fused-ring (bicyclic) bond motifs is 1. The molecule has 0 aromatic rings. The molecule has 54 valence electrons.